The van der Waals surface area contributed by atoms with E-state index in [0.717, 1.165) is 23.8 Å². The first kappa shape index (κ1) is 16.3. The molecule has 2 heterocycles. The maximum Gasteiger partial charge on any atom is 0.0931 e. The second-order valence-corrected chi connectivity index (χ2v) is 8.11. The van der Waals surface area contributed by atoms with Crippen LogP contribution in [0.3, 0.4) is 0 Å². The van der Waals surface area contributed by atoms with Gasteiger partial charge in [0.15, 0.2) is 0 Å². The minimum atomic E-state index is 0.190. The molecule has 1 aliphatic rings. The van der Waals surface area contributed by atoms with E-state index < -0.39 is 0 Å². The van der Waals surface area contributed by atoms with Crippen molar-refractivity contribution in [2.24, 2.45) is 11.1 Å². The molecule has 1 aromatic rings. The highest BCUT2D eigenvalue weighted by Crippen LogP contribution is 2.39. The minimum Gasteiger partial charge on any atom is -0.326 e. The lowest BCUT2D eigenvalue weighted by molar-refractivity contribution is 0.0706. The molecular formula is C16H27ClN2S. The summed E-state index contributed by atoms with van der Waals surface area (Å²) in [6, 6.07) is 4.67. The average Bonchev–Trinajstić information content (AvgIpc) is 2.87. The van der Waals surface area contributed by atoms with Crippen LogP contribution in [-0.2, 0) is 0 Å². The number of hydrogen-bond acceptors (Lipinski definition) is 3. The zero-order valence-electron chi connectivity index (χ0n) is 12.9. The molecule has 20 heavy (non-hydrogen) atoms. The van der Waals surface area contributed by atoms with Crippen molar-refractivity contribution in [1.82, 2.24) is 4.90 Å². The van der Waals surface area contributed by atoms with Crippen molar-refractivity contribution < 1.29 is 0 Å². The number of likely N-dealkylation sites (tertiary alicyclic amines) is 1. The second-order valence-electron chi connectivity index (χ2n) is 6.36. The van der Waals surface area contributed by atoms with Crippen LogP contribution in [0.5, 0.6) is 0 Å². The maximum atomic E-state index is 6.41. The molecule has 2 unspecified atom stereocenters. The Morgan fingerprint density at radius 3 is 2.45 bits per heavy atom. The molecule has 2 atom stereocenters. The summed E-state index contributed by atoms with van der Waals surface area (Å²) in [4.78, 5) is 3.90. The molecule has 0 aromatic carbocycles. The van der Waals surface area contributed by atoms with E-state index in [1.165, 1.54) is 24.1 Å². The van der Waals surface area contributed by atoms with Crippen molar-refractivity contribution >= 4 is 22.9 Å². The Kier molecular flexibility index (Phi) is 5.52. The molecule has 2 nitrogen and oxygen atoms in total. The van der Waals surface area contributed by atoms with Gasteiger partial charge in [-0.2, -0.15) is 0 Å². The molecule has 2 rings (SSSR count). The van der Waals surface area contributed by atoms with Gasteiger partial charge in [0.2, 0.25) is 0 Å². The van der Waals surface area contributed by atoms with Gasteiger partial charge in [0, 0.05) is 10.9 Å². The number of piperidine rings is 1. The fourth-order valence-corrected chi connectivity index (χ4v) is 4.34. The van der Waals surface area contributed by atoms with Crippen LogP contribution in [0.1, 0.15) is 57.4 Å². The van der Waals surface area contributed by atoms with E-state index in [0.29, 0.717) is 11.5 Å². The Morgan fingerprint density at radius 1 is 1.35 bits per heavy atom. The Balaban J connectivity index is 2.13. The van der Waals surface area contributed by atoms with Gasteiger partial charge in [0.25, 0.3) is 0 Å². The molecule has 0 saturated carbocycles. The summed E-state index contributed by atoms with van der Waals surface area (Å²) in [5.74, 6) is 0. The van der Waals surface area contributed by atoms with E-state index in [4.69, 9.17) is 17.3 Å². The maximum absolute atomic E-state index is 6.41. The lowest BCUT2D eigenvalue weighted by atomic mass is 9.77. The van der Waals surface area contributed by atoms with Gasteiger partial charge >= 0.3 is 0 Å². The summed E-state index contributed by atoms with van der Waals surface area (Å²) in [5.41, 5.74) is 6.93. The van der Waals surface area contributed by atoms with Gasteiger partial charge < -0.3 is 5.73 Å². The Hall–Kier alpha value is -0.0900. The summed E-state index contributed by atoms with van der Waals surface area (Å²) in [6.07, 6.45) is 4.82. The molecule has 0 aliphatic carbocycles. The topological polar surface area (TPSA) is 29.3 Å². The zero-order chi connectivity index (χ0) is 14.8. The van der Waals surface area contributed by atoms with Gasteiger partial charge in [-0.25, -0.2) is 0 Å². The molecule has 114 valence electrons. The Labute approximate surface area is 132 Å². The molecule has 4 heteroatoms. The predicted octanol–water partition coefficient (Wildman–Crippen LogP) is 4.69. The smallest absolute Gasteiger partial charge is 0.0931 e. The van der Waals surface area contributed by atoms with Gasteiger partial charge in [-0.1, -0.05) is 38.8 Å². The van der Waals surface area contributed by atoms with Crippen molar-refractivity contribution in [2.45, 2.75) is 58.5 Å². The minimum absolute atomic E-state index is 0.190. The van der Waals surface area contributed by atoms with Crippen LogP contribution in [0.15, 0.2) is 12.1 Å². The highest BCUT2D eigenvalue weighted by molar-refractivity contribution is 7.16. The van der Waals surface area contributed by atoms with E-state index in [1.54, 1.807) is 11.3 Å². The molecule has 0 amide bonds. The number of halogens is 1. The number of rotatable bonds is 5. The van der Waals surface area contributed by atoms with Crippen LogP contribution in [0.4, 0.5) is 0 Å². The van der Waals surface area contributed by atoms with E-state index in [2.05, 4.69) is 31.7 Å². The van der Waals surface area contributed by atoms with Crippen molar-refractivity contribution in [3.05, 3.63) is 21.3 Å². The van der Waals surface area contributed by atoms with E-state index in [-0.39, 0.29) is 6.04 Å². The van der Waals surface area contributed by atoms with Crippen LogP contribution in [0.2, 0.25) is 4.34 Å². The van der Waals surface area contributed by atoms with Crippen LogP contribution < -0.4 is 5.73 Å². The first-order valence-corrected chi connectivity index (χ1v) is 8.93. The summed E-state index contributed by atoms with van der Waals surface area (Å²) < 4.78 is 0.865. The van der Waals surface area contributed by atoms with Crippen molar-refractivity contribution in [1.29, 1.82) is 0 Å². The number of nitrogens with zero attached hydrogens (tertiary/aromatic N) is 1. The molecule has 0 spiro atoms. The Bertz CT molecular complexity index is 424. The lowest BCUT2D eigenvalue weighted by Crippen LogP contribution is -2.46. The fraction of sp³-hybridized carbons (Fsp3) is 0.750. The van der Waals surface area contributed by atoms with Crippen LogP contribution >= 0.6 is 22.9 Å². The van der Waals surface area contributed by atoms with Crippen LogP contribution in [0.25, 0.3) is 0 Å². The first-order valence-electron chi connectivity index (χ1n) is 7.74. The normalized spacial score (nSPS) is 22.6. The van der Waals surface area contributed by atoms with E-state index >= 15 is 0 Å². The largest absolute Gasteiger partial charge is 0.326 e. The molecule has 0 bridgehead atoms. The molecule has 1 fully saturated rings. The van der Waals surface area contributed by atoms with Gasteiger partial charge in [-0.05, 0) is 49.9 Å². The van der Waals surface area contributed by atoms with Crippen LogP contribution in [-0.4, -0.2) is 24.0 Å². The van der Waals surface area contributed by atoms with Gasteiger partial charge in [-0.3, -0.25) is 4.90 Å². The molecule has 2 N–H and O–H groups in total. The number of thiophene rings is 1. The third-order valence-electron chi connectivity index (χ3n) is 5.01. The van der Waals surface area contributed by atoms with Crippen molar-refractivity contribution in [2.75, 3.05) is 13.1 Å². The molecule has 1 aromatic heterocycles. The molecule has 1 saturated heterocycles. The lowest BCUT2D eigenvalue weighted by Gasteiger charge is -2.43. The zero-order valence-corrected chi connectivity index (χ0v) is 14.4. The third-order valence-corrected chi connectivity index (χ3v) is 6.32. The second kappa shape index (κ2) is 6.78. The Morgan fingerprint density at radius 2 is 2.00 bits per heavy atom. The SMILES string of the molecule is CCC(N)C(c1ccc(Cl)s1)N1CCC(C)(CC)CC1. The number of nitrogens with two attached hydrogens (primary N) is 1. The van der Waals surface area contributed by atoms with Crippen molar-refractivity contribution in [3.63, 3.8) is 0 Å². The quantitative estimate of drug-likeness (QED) is 0.854. The van der Waals surface area contributed by atoms with Gasteiger partial charge in [0.1, 0.15) is 0 Å². The van der Waals surface area contributed by atoms with E-state index in [1.807, 2.05) is 6.07 Å². The fourth-order valence-electron chi connectivity index (χ4n) is 3.07. The van der Waals surface area contributed by atoms with Crippen molar-refractivity contribution in [3.8, 4) is 0 Å². The summed E-state index contributed by atoms with van der Waals surface area (Å²) >= 11 is 7.80. The number of hydrogen-bond donors (Lipinski definition) is 1. The molecular weight excluding hydrogens is 288 g/mol. The predicted molar refractivity (Wildman–Crippen MR) is 89.5 cm³/mol. The standard InChI is InChI=1S/C16H27ClN2S/c1-4-12(18)15(13-6-7-14(17)20-13)19-10-8-16(3,5-2)9-11-19/h6-7,12,15H,4-5,8-11,18H2,1-3H3. The van der Waals surface area contributed by atoms with Gasteiger partial charge in [-0.15, -0.1) is 11.3 Å². The summed E-state index contributed by atoms with van der Waals surface area (Å²) in [7, 11) is 0. The molecule has 1 aliphatic heterocycles. The molecule has 0 radical (unpaired) electrons. The summed E-state index contributed by atoms with van der Waals surface area (Å²) in [6.45, 7) is 9.20. The third kappa shape index (κ3) is 3.56. The monoisotopic (exact) mass is 314 g/mol. The average molecular weight is 315 g/mol. The van der Waals surface area contributed by atoms with Gasteiger partial charge in [0.05, 0.1) is 10.4 Å². The van der Waals surface area contributed by atoms with E-state index in [9.17, 15) is 0 Å². The van der Waals surface area contributed by atoms with Crippen LogP contribution in [0, 0.1) is 5.41 Å². The highest BCUT2D eigenvalue weighted by Gasteiger charge is 2.34. The summed E-state index contributed by atoms with van der Waals surface area (Å²) in [5, 5.41) is 0. The highest BCUT2D eigenvalue weighted by atomic mass is 35.5. The first-order chi connectivity index (χ1) is 9.49.